The Morgan fingerprint density at radius 3 is 2.64 bits per heavy atom. The predicted octanol–water partition coefficient (Wildman–Crippen LogP) is 4.94. The molecule has 0 spiro atoms. The number of aromatic nitrogens is 2. The molecule has 0 aliphatic heterocycles. The maximum atomic E-state index is 12.5. The van der Waals surface area contributed by atoms with Gasteiger partial charge in [0.25, 0.3) is 11.6 Å². The lowest BCUT2D eigenvalue weighted by atomic mass is 10.2. The fraction of sp³-hybridized carbons (Fsp3) is 0.111. The van der Waals surface area contributed by atoms with E-state index in [1.807, 2.05) is 29.5 Å². The maximum absolute atomic E-state index is 12.5. The van der Waals surface area contributed by atoms with Gasteiger partial charge in [-0.15, -0.1) is 0 Å². The molecule has 10 heteroatoms. The second-order valence-corrected chi connectivity index (χ2v) is 7.51. The molecule has 1 N–H and O–H groups in total. The zero-order valence-electron chi connectivity index (χ0n) is 14.8. The van der Waals surface area contributed by atoms with Crippen LogP contribution in [0.2, 0.25) is 5.02 Å². The van der Waals surface area contributed by atoms with E-state index < -0.39 is 10.8 Å². The summed E-state index contributed by atoms with van der Waals surface area (Å²) in [6, 6.07) is 9.09. The minimum absolute atomic E-state index is 0.210. The average molecular weight is 513 g/mol. The molecule has 1 amide bonds. The first-order valence-corrected chi connectivity index (χ1v) is 9.42. The second kappa shape index (κ2) is 8.15. The number of halogens is 2. The molecule has 2 aromatic carbocycles. The highest BCUT2D eigenvalue weighted by Crippen LogP contribution is 2.31. The average Bonchev–Trinajstić information content (AvgIpc) is 2.96. The summed E-state index contributed by atoms with van der Waals surface area (Å²) >= 11 is 8.00. The minimum Gasteiger partial charge on any atom is -0.457 e. The Morgan fingerprint density at radius 1 is 1.29 bits per heavy atom. The number of nitro benzene ring substituents is 1. The first-order valence-electron chi connectivity index (χ1n) is 7.97. The van der Waals surface area contributed by atoms with Gasteiger partial charge < -0.3 is 10.1 Å². The molecule has 0 aliphatic rings. The first-order chi connectivity index (χ1) is 13.2. The normalized spacial score (nSPS) is 10.6. The largest absolute Gasteiger partial charge is 0.457 e. The van der Waals surface area contributed by atoms with E-state index in [9.17, 15) is 14.9 Å². The van der Waals surface area contributed by atoms with Crippen molar-refractivity contribution in [1.82, 2.24) is 9.78 Å². The van der Waals surface area contributed by atoms with Crippen LogP contribution < -0.4 is 10.1 Å². The maximum Gasteiger partial charge on any atom is 0.277 e. The summed E-state index contributed by atoms with van der Waals surface area (Å²) in [6.45, 7) is 1.82. The van der Waals surface area contributed by atoms with Crippen molar-refractivity contribution in [3.63, 3.8) is 0 Å². The van der Waals surface area contributed by atoms with Crippen LogP contribution in [0.3, 0.4) is 0 Å². The van der Waals surface area contributed by atoms with Crippen LogP contribution in [0.4, 0.5) is 11.4 Å². The van der Waals surface area contributed by atoms with Crippen molar-refractivity contribution >= 4 is 51.5 Å². The Labute approximate surface area is 178 Å². The molecule has 3 rings (SSSR count). The number of amides is 1. The number of nitrogens with one attached hydrogen (secondary N) is 1. The van der Waals surface area contributed by atoms with Crippen LogP contribution in [-0.4, -0.2) is 20.6 Å². The summed E-state index contributed by atoms with van der Waals surface area (Å²) in [5, 5.41) is 18.6. The quantitative estimate of drug-likeness (QED) is 0.297. The minimum atomic E-state index is -0.555. The molecule has 0 atom stereocenters. The van der Waals surface area contributed by atoms with Crippen molar-refractivity contribution in [2.24, 2.45) is 7.05 Å². The van der Waals surface area contributed by atoms with Crippen LogP contribution in [0.25, 0.3) is 0 Å². The molecule has 0 bridgehead atoms. The molecule has 28 heavy (non-hydrogen) atoms. The van der Waals surface area contributed by atoms with Crippen molar-refractivity contribution in [3.05, 3.63) is 72.6 Å². The standard InChI is InChI=1S/C18H14ClIN4O4/c1-10-5-13(3-4-15(10)19)28-14-7-11(6-12(8-14)24(26)27)21-18(25)17-16(20)9-23(2)22-17/h3-9H,1-2H3,(H,21,25). The summed E-state index contributed by atoms with van der Waals surface area (Å²) in [4.78, 5) is 23.2. The number of rotatable bonds is 5. The molecule has 0 unspecified atom stereocenters. The van der Waals surface area contributed by atoms with Crippen LogP contribution in [0.5, 0.6) is 11.5 Å². The summed E-state index contributed by atoms with van der Waals surface area (Å²) in [5.41, 5.74) is 1.05. The lowest BCUT2D eigenvalue weighted by Crippen LogP contribution is -2.14. The van der Waals surface area contributed by atoms with Crippen molar-refractivity contribution < 1.29 is 14.5 Å². The number of anilines is 1. The molecule has 3 aromatic rings. The van der Waals surface area contributed by atoms with E-state index >= 15 is 0 Å². The van der Waals surface area contributed by atoms with E-state index in [0.717, 1.165) is 5.56 Å². The predicted molar refractivity (Wildman–Crippen MR) is 113 cm³/mol. The third-order valence-electron chi connectivity index (χ3n) is 3.72. The van der Waals surface area contributed by atoms with Gasteiger partial charge in [0.2, 0.25) is 0 Å². The van der Waals surface area contributed by atoms with Crippen molar-refractivity contribution in [3.8, 4) is 11.5 Å². The molecular formula is C18H14ClIN4O4. The van der Waals surface area contributed by atoms with E-state index in [-0.39, 0.29) is 22.8 Å². The van der Waals surface area contributed by atoms with Gasteiger partial charge in [-0.1, -0.05) is 11.6 Å². The van der Waals surface area contributed by atoms with E-state index in [2.05, 4.69) is 10.4 Å². The van der Waals surface area contributed by atoms with Crippen molar-refractivity contribution in [2.45, 2.75) is 6.92 Å². The van der Waals surface area contributed by atoms with Gasteiger partial charge in [0.1, 0.15) is 11.5 Å². The van der Waals surface area contributed by atoms with Crippen LogP contribution in [0.15, 0.2) is 42.6 Å². The number of ether oxygens (including phenoxy) is 1. The number of nitro groups is 1. The van der Waals surface area contributed by atoms with Gasteiger partial charge in [0.15, 0.2) is 5.69 Å². The Kier molecular flexibility index (Phi) is 5.84. The molecule has 144 valence electrons. The van der Waals surface area contributed by atoms with Gasteiger partial charge in [-0.2, -0.15) is 5.10 Å². The van der Waals surface area contributed by atoms with E-state index in [4.69, 9.17) is 16.3 Å². The highest BCUT2D eigenvalue weighted by atomic mass is 127. The van der Waals surface area contributed by atoms with Gasteiger partial charge in [-0.3, -0.25) is 19.6 Å². The van der Waals surface area contributed by atoms with Crippen LogP contribution >= 0.6 is 34.2 Å². The smallest absolute Gasteiger partial charge is 0.277 e. The van der Waals surface area contributed by atoms with Gasteiger partial charge in [0, 0.05) is 30.4 Å². The van der Waals surface area contributed by atoms with E-state index in [1.54, 1.807) is 31.4 Å². The molecule has 8 nitrogen and oxygen atoms in total. The zero-order valence-corrected chi connectivity index (χ0v) is 17.7. The van der Waals surface area contributed by atoms with E-state index in [1.165, 1.54) is 22.9 Å². The van der Waals surface area contributed by atoms with Crippen LogP contribution in [0, 0.1) is 20.6 Å². The van der Waals surface area contributed by atoms with Gasteiger partial charge >= 0.3 is 0 Å². The van der Waals surface area contributed by atoms with Gasteiger partial charge in [-0.25, -0.2) is 0 Å². The monoisotopic (exact) mass is 512 g/mol. The highest BCUT2D eigenvalue weighted by Gasteiger charge is 2.17. The number of hydrogen-bond acceptors (Lipinski definition) is 5. The number of aryl methyl sites for hydroxylation is 2. The number of nitrogens with zero attached hydrogens (tertiary/aromatic N) is 3. The zero-order chi connectivity index (χ0) is 20.4. The Balaban J connectivity index is 1.90. The summed E-state index contributed by atoms with van der Waals surface area (Å²) in [5.74, 6) is 0.208. The number of benzene rings is 2. The van der Waals surface area contributed by atoms with Crippen molar-refractivity contribution in [1.29, 1.82) is 0 Å². The lowest BCUT2D eigenvalue weighted by molar-refractivity contribution is -0.384. The number of hydrogen-bond donors (Lipinski definition) is 1. The molecule has 0 radical (unpaired) electrons. The van der Waals surface area contributed by atoms with Crippen LogP contribution in [0.1, 0.15) is 16.1 Å². The fourth-order valence-electron chi connectivity index (χ4n) is 2.44. The Bertz CT molecular complexity index is 1080. The number of carbonyl (C=O) groups excluding carboxylic acids is 1. The molecule has 1 aromatic heterocycles. The summed E-state index contributed by atoms with van der Waals surface area (Å²) in [7, 11) is 1.70. The van der Waals surface area contributed by atoms with Gasteiger partial charge in [-0.05, 0) is 53.3 Å². The third-order valence-corrected chi connectivity index (χ3v) is 4.94. The molecule has 0 fully saturated rings. The fourth-order valence-corrected chi connectivity index (χ4v) is 3.31. The lowest BCUT2D eigenvalue weighted by Gasteiger charge is -2.10. The SMILES string of the molecule is Cc1cc(Oc2cc(NC(=O)c3nn(C)cc3I)cc([N+](=O)[O-])c2)ccc1Cl. The molecule has 1 heterocycles. The Hall–Kier alpha value is -2.66. The van der Waals surface area contributed by atoms with E-state index in [0.29, 0.717) is 14.3 Å². The molecular weight excluding hydrogens is 499 g/mol. The molecule has 0 saturated carbocycles. The third kappa shape index (κ3) is 4.60. The highest BCUT2D eigenvalue weighted by molar-refractivity contribution is 14.1. The topological polar surface area (TPSA) is 99.3 Å². The number of carbonyl (C=O) groups is 1. The van der Waals surface area contributed by atoms with Crippen LogP contribution in [-0.2, 0) is 7.05 Å². The summed E-state index contributed by atoms with van der Waals surface area (Å²) in [6.07, 6.45) is 1.69. The van der Waals surface area contributed by atoms with Crippen molar-refractivity contribution in [2.75, 3.05) is 5.32 Å². The first kappa shape index (κ1) is 20.1. The number of non-ortho nitro benzene ring substituents is 1. The molecule has 0 saturated heterocycles. The Morgan fingerprint density at radius 2 is 2.04 bits per heavy atom. The second-order valence-electron chi connectivity index (χ2n) is 5.94. The van der Waals surface area contributed by atoms with Gasteiger partial charge in [0.05, 0.1) is 20.2 Å². The molecule has 0 aliphatic carbocycles. The summed E-state index contributed by atoms with van der Waals surface area (Å²) < 4.78 is 7.90.